The average Bonchev–Trinajstić information content (AvgIpc) is 2.98. The van der Waals surface area contributed by atoms with Gasteiger partial charge in [0.1, 0.15) is 0 Å². The maximum absolute atomic E-state index is 12.4. The normalized spacial score (nSPS) is 12.3. The van der Waals surface area contributed by atoms with E-state index in [9.17, 15) is 14.4 Å². The van der Waals surface area contributed by atoms with Gasteiger partial charge in [-0.15, -0.1) is 0 Å². The molecule has 0 bridgehead atoms. The molecule has 0 fully saturated rings. The molecule has 0 aliphatic heterocycles. The van der Waals surface area contributed by atoms with E-state index in [0.29, 0.717) is 23.2 Å². The van der Waals surface area contributed by atoms with Crippen molar-refractivity contribution in [3.05, 3.63) is 71.3 Å². The molecular formula is C19H15NO3. The van der Waals surface area contributed by atoms with Crippen LogP contribution in [-0.4, -0.2) is 17.5 Å². The summed E-state index contributed by atoms with van der Waals surface area (Å²) >= 11 is 0. The molecule has 1 amide bonds. The van der Waals surface area contributed by atoms with E-state index in [1.165, 1.54) is 6.92 Å². The quantitative estimate of drug-likeness (QED) is 0.697. The fourth-order valence-electron chi connectivity index (χ4n) is 2.60. The van der Waals surface area contributed by atoms with Crippen LogP contribution in [0.1, 0.15) is 28.4 Å². The molecular weight excluding hydrogens is 290 g/mol. The first kappa shape index (κ1) is 14.9. The Morgan fingerprint density at radius 1 is 0.957 bits per heavy atom. The molecule has 3 rings (SSSR count). The van der Waals surface area contributed by atoms with Crippen LogP contribution in [0.3, 0.4) is 0 Å². The Bertz CT molecular complexity index is 832. The van der Waals surface area contributed by atoms with E-state index in [4.69, 9.17) is 0 Å². The Kier molecular flexibility index (Phi) is 3.89. The maximum Gasteiger partial charge on any atom is 0.296 e. The van der Waals surface area contributed by atoms with Crippen LogP contribution >= 0.6 is 0 Å². The predicted octanol–water partition coefficient (Wildman–Crippen LogP) is 3.04. The lowest BCUT2D eigenvalue weighted by Crippen LogP contribution is -2.23. The minimum atomic E-state index is -0.677. The van der Waals surface area contributed by atoms with Gasteiger partial charge in [-0.3, -0.25) is 14.4 Å². The van der Waals surface area contributed by atoms with Crippen LogP contribution < -0.4 is 5.32 Å². The average molecular weight is 305 g/mol. The van der Waals surface area contributed by atoms with Crippen LogP contribution in [0.4, 0.5) is 5.69 Å². The van der Waals surface area contributed by atoms with Crippen LogP contribution in [0.2, 0.25) is 0 Å². The maximum atomic E-state index is 12.4. The molecule has 0 atom stereocenters. The zero-order valence-corrected chi connectivity index (χ0v) is 12.6. The Balaban J connectivity index is 1.74. The minimum absolute atomic E-state index is 0.0494. The number of hydrogen-bond donors (Lipinski definition) is 1. The van der Waals surface area contributed by atoms with Gasteiger partial charge in [-0.2, -0.15) is 0 Å². The molecule has 2 aromatic rings. The number of ketones is 2. The monoisotopic (exact) mass is 305 g/mol. The summed E-state index contributed by atoms with van der Waals surface area (Å²) in [6.07, 6.45) is 2.45. The molecule has 0 saturated heterocycles. The topological polar surface area (TPSA) is 63.2 Å². The van der Waals surface area contributed by atoms with Gasteiger partial charge in [0, 0.05) is 16.8 Å². The third kappa shape index (κ3) is 2.97. The lowest BCUT2D eigenvalue weighted by Gasteiger charge is -2.07. The second-order valence-corrected chi connectivity index (χ2v) is 5.40. The number of rotatable bonds is 4. The summed E-state index contributed by atoms with van der Waals surface area (Å²) in [6.45, 7) is 1.47. The first-order valence-corrected chi connectivity index (χ1v) is 7.31. The summed E-state index contributed by atoms with van der Waals surface area (Å²) < 4.78 is 0. The van der Waals surface area contributed by atoms with E-state index in [1.807, 2.05) is 24.3 Å². The van der Waals surface area contributed by atoms with Crippen molar-refractivity contribution < 1.29 is 14.4 Å². The lowest BCUT2D eigenvalue weighted by atomic mass is 10.0. The molecule has 23 heavy (non-hydrogen) atoms. The van der Waals surface area contributed by atoms with E-state index in [2.05, 4.69) is 5.32 Å². The fraction of sp³-hybridized carbons (Fsp3) is 0.105. The number of amides is 1. The van der Waals surface area contributed by atoms with E-state index in [-0.39, 0.29) is 5.78 Å². The standard InChI is InChI=1S/C19H15NO3/c1-12(21)13-6-9-15(10-7-13)20-19(23)18(22)17-11-8-14-4-2-3-5-16(14)17/h2-7,9-11H,8H2,1H3,(H,20,23). The van der Waals surface area contributed by atoms with E-state index in [1.54, 1.807) is 30.3 Å². The number of carbonyl (C=O) groups excluding carboxylic acids is 3. The van der Waals surface area contributed by atoms with E-state index >= 15 is 0 Å². The van der Waals surface area contributed by atoms with Gasteiger partial charge in [-0.1, -0.05) is 30.3 Å². The van der Waals surface area contributed by atoms with Gasteiger partial charge in [0.2, 0.25) is 0 Å². The largest absolute Gasteiger partial charge is 0.319 e. The summed E-state index contributed by atoms with van der Waals surface area (Å²) in [5.74, 6) is -1.28. The molecule has 4 heteroatoms. The molecule has 0 radical (unpaired) electrons. The number of hydrogen-bond acceptors (Lipinski definition) is 3. The SMILES string of the molecule is CC(=O)c1ccc(NC(=O)C(=O)C2=CCc3ccccc32)cc1. The van der Waals surface area contributed by atoms with Gasteiger partial charge in [-0.05, 0) is 48.7 Å². The number of fused-ring (bicyclic) bond motifs is 1. The Labute approximate surface area is 133 Å². The van der Waals surface area contributed by atoms with Crippen molar-refractivity contribution in [3.8, 4) is 0 Å². The van der Waals surface area contributed by atoms with Crippen LogP contribution in [0.5, 0.6) is 0 Å². The molecule has 1 aliphatic carbocycles. The van der Waals surface area contributed by atoms with Gasteiger partial charge in [0.15, 0.2) is 5.78 Å². The number of benzene rings is 2. The molecule has 0 unspecified atom stereocenters. The molecule has 114 valence electrons. The van der Waals surface area contributed by atoms with Crippen molar-refractivity contribution in [1.82, 2.24) is 0 Å². The van der Waals surface area contributed by atoms with Crippen molar-refractivity contribution in [3.63, 3.8) is 0 Å². The van der Waals surface area contributed by atoms with Crippen LogP contribution in [0, 0.1) is 0 Å². The summed E-state index contributed by atoms with van der Waals surface area (Å²) in [4.78, 5) is 35.7. The van der Waals surface area contributed by atoms with E-state index in [0.717, 1.165) is 11.1 Å². The predicted molar refractivity (Wildman–Crippen MR) is 88.2 cm³/mol. The molecule has 0 aromatic heterocycles. The highest BCUT2D eigenvalue weighted by Crippen LogP contribution is 2.28. The number of allylic oxidation sites excluding steroid dienone is 1. The van der Waals surface area contributed by atoms with Crippen LogP contribution in [-0.2, 0) is 16.0 Å². The van der Waals surface area contributed by atoms with Crippen molar-refractivity contribution in [1.29, 1.82) is 0 Å². The molecule has 0 heterocycles. The smallest absolute Gasteiger partial charge is 0.296 e. The number of nitrogens with one attached hydrogen (secondary N) is 1. The zero-order valence-electron chi connectivity index (χ0n) is 12.6. The molecule has 1 aliphatic rings. The zero-order chi connectivity index (χ0) is 16.4. The Morgan fingerprint density at radius 2 is 1.65 bits per heavy atom. The van der Waals surface area contributed by atoms with Crippen LogP contribution in [0.15, 0.2) is 54.6 Å². The highest BCUT2D eigenvalue weighted by Gasteiger charge is 2.25. The third-order valence-corrected chi connectivity index (χ3v) is 3.83. The van der Waals surface area contributed by atoms with Crippen LogP contribution in [0.25, 0.3) is 5.57 Å². The Hall–Kier alpha value is -3.01. The van der Waals surface area contributed by atoms with Crippen molar-refractivity contribution in [2.75, 3.05) is 5.32 Å². The molecule has 4 nitrogen and oxygen atoms in total. The van der Waals surface area contributed by atoms with Crippen molar-refractivity contribution >= 4 is 28.7 Å². The molecule has 0 saturated carbocycles. The van der Waals surface area contributed by atoms with Gasteiger partial charge >= 0.3 is 0 Å². The minimum Gasteiger partial charge on any atom is -0.319 e. The van der Waals surface area contributed by atoms with Gasteiger partial charge < -0.3 is 5.32 Å². The second-order valence-electron chi connectivity index (χ2n) is 5.40. The molecule has 0 spiro atoms. The first-order chi connectivity index (χ1) is 11.1. The summed E-state index contributed by atoms with van der Waals surface area (Å²) in [7, 11) is 0. The highest BCUT2D eigenvalue weighted by atomic mass is 16.2. The second kappa shape index (κ2) is 6.01. The fourth-order valence-corrected chi connectivity index (χ4v) is 2.60. The number of Topliss-reactive ketones (excluding diaryl/α,β-unsaturated/α-hetero) is 2. The first-order valence-electron chi connectivity index (χ1n) is 7.31. The summed E-state index contributed by atoms with van der Waals surface area (Å²) in [6, 6.07) is 14.0. The van der Waals surface area contributed by atoms with Crippen molar-refractivity contribution in [2.45, 2.75) is 13.3 Å². The number of carbonyl (C=O) groups is 3. The summed E-state index contributed by atoms with van der Waals surface area (Å²) in [5, 5.41) is 2.57. The highest BCUT2D eigenvalue weighted by molar-refractivity contribution is 6.56. The van der Waals surface area contributed by atoms with E-state index < -0.39 is 11.7 Å². The van der Waals surface area contributed by atoms with Gasteiger partial charge in [-0.25, -0.2) is 0 Å². The van der Waals surface area contributed by atoms with Gasteiger partial charge in [0.05, 0.1) is 0 Å². The lowest BCUT2D eigenvalue weighted by molar-refractivity contribution is -0.131. The van der Waals surface area contributed by atoms with Crippen molar-refractivity contribution in [2.24, 2.45) is 0 Å². The molecule has 2 aromatic carbocycles. The molecule has 1 N–H and O–H groups in total. The summed E-state index contributed by atoms with van der Waals surface area (Å²) in [5.41, 5.74) is 3.36. The van der Waals surface area contributed by atoms with Gasteiger partial charge in [0.25, 0.3) is 11.7 Å². The Morgan fingerprint density at radius 3 is 2.35 bits per heavy atom. The number of anilines is 1. The third-order valence-electron chi connectivity index (χ3n) is 3.83.